The first-order valence-electron chi connectivity index (χ1n) is 4.91. The lowest BCUT2D eigenvalue weighted by Gasteiger charge is -1.99. The summed E-state index contributed by atoms with van der Waals surface area (Å²) in [6, 6.07) is 2.83. The molecule has 0 saturated carbocycles. The smallest absolute Gasteiger partial charge is 0.356 e. The molecule has 0 amide bonds. The average molecular weight is 234 g/mol. The van der Waals surface area contributed by atoms with E-state index in [1.54, 1.807) is 0 Å². The summed E-state index contributed by atoms with van der Waals surface area (Å²) in [5.74, 6) is -1.00. The van der Waals surface area contributed by atoms with Crippen LogP contribution in [-0.2, 0) is 11.2 Å². The fourth-order valence-electron chi connectivity index (χ4n) is 1.64. The summed E-state index contributed by atoms with van der Waals surface area (Å²) in [7, 11) is 0. The number of carboxylic acid groups (broad SMARTS) is 1. The third kappa shape index (κ3) is 1.96. The van der Waals surface area contributed by atoms with Crippen molar-refractivity contribution < 1.29 is 19.8 Å². The Bertz CT molecular complexity index is 615. The number of fused-ring (bicyclic) bond motifs is 1. The van der Waals surface area contributed by atoms with Gasteiger partial charge in [-0.15, -0.1) is 0 Å². The van der Waals surface area contributed by atoms with Gasteiger partial charge in [0.1, 0.15) is 17.4 Å². The van der Waals surface area contributed by atoms with Crippen molar-refractivity contribution >= 4 is 17.3 Å². The number of carboxylic acids is 1. The number of aromatic carboxylic acids is 1. The van der Waals surface area contributed by atoms with Gasteiger partial charge >= 0.3 is 5.97 Å². The topological polar surface area (TPSA) is 91.9 Å². The molecule has 0 radical (unpaired) electrons. The number of Topliss-reactive ketones (excluding diaryl/α,β-unsaturated/α-hetero) is 1. The summed E-state index contributed by atoms with van der Waals surface area (Å²) in [5, 5.41) is 18.3. The van der Waals surface area contributed by atoms with Gasteiger partial charge in [-0.2, -0.15) is 0 Å². The molecule has 0 aromatic carbocycles. The van der Waals surface area contributed by atoms with Crippen LogP contribution >= 0.6 is 0 Å². The Hall–Kier alpha value is -2.37. The third-order valence-corrected chi connectivity index (χ3v) is 2.30. The number of nitrogens with zero attached hydrogens (tertiary/aromatic N) is 2. The third-order valence-electron chi connectivity index (χ3n) is 2.30. The second-order valence-corrected chi connectivity index (χ2v) is 3.70. The van der Waals surface area contributed by atoms with Crippen LogP contribution in [0, 0.1) is 0 Å². The van der Waals surface area contributed by atoms with E-state index in [1.165, 1.54) is 29.7 Å². The molecule has 2 aromatic rings. The van der Waals surface area contributed by atoms with E-state index in [0.717, 1.165) is 0 Å². The lowest BCUT2D eigenvalue weighted by atomic mass is 10.3. The molecule has 0 spiro atoms. The van der Waals surface area contributed by atoms with Gasteiger partial charge in [0.05, 0.1) is 18.1 Å². The predicted molar refractivity (Wildman–Crippen MR) is 58.2 cm³/mol. The number of pyridine rings is 1. The molecule has 2 heterocycles. The SMILES string of the molecule is CC(=O)Cc1nc(C(=O)O)c2ccc(O)cn12. The van der Waals surface area contributed by atoms with Crippen molar-refractivity contribution in [2.75, 3.05) is 0 Å². The van der Waals surface area contributed by atoms with E-state index in [9.17, 15) is 14.7 Å². The molecular formula is C11H10N2O4. The second kappa shape index (κ2) is 3.89. The van der Waals surface area contributed by atoms with E-state index in [-0.39, 0.29) is 23.6 Å². The summed E-state index contributed by atoms with van der Waals surface area (Å²) >= 11 is 0. The maximum Gasteiger partial charge on any atom is 0.356 e. The molecule has 0 unspecified atom stereocenters. The Morgan fingerprint density at radius 3 is 2.71 bits per heavy atom. The molecule has 88 valence electrons. The van der Waals surface area contributed by atoms with Gasteiger partial charge in [0, 0.05) is 0 Å². The number of aromatic hydroxyl groups is 1. The number of carbonyl (C=O) groups excluding carboxylic acids is 1. The zero-order chi connectivity index (χ0) is 12.6. The van der Waals surface area contributed by atoms with Crippen LogP contribution in [0.2, 0.25) is 0 Å². The summed E-state index contributed by atoms with van der Waals surface area (Å²) in [4.78, 5) is 25.9. The molecule has 0 aliphatic carbocycles. The first-order chi connectivity index (χ1) is 7.99. The highest BCUT2D eigenvalue weighted by Gasteiger charge is 2.17. The van der Waals surface area contributed by atoms with Crippen LogP contribution in [-0.4, -0.2) is 31.4 Å². The van der Waals surface area contributed by atoms with Crippen LogP contribution in [0.4, 0.5) is 0 Å². The molecule has 17 heavy (non-hydrogen) atoms. The minimum atomic E-state index is -1.16. The molecule has 0 aliphatic heterocycles. The van der Waals surface area contributed by atoms with E-state index in [2.05, 4.69) is 4.98 Å². The van der Waals surface area contributed by atoms with Gasteiger partial charge in [-0.25, -0.2) is 9.78 Å². The molecule has 0 fully saturated rings. The van der Waals surface area contributed by atoms with E-state index in [4.69, 9.17) is 5.11 Å². The van der Waals surface area contributed by atoms with Gasteiger partial charge in [0.2, 0.25) is 0 Å². The molecule has 6 nitrogen and oxygen atoms in total. The Kier molecular flexibility index (Phi) is 2.55. The van der Waals surface area contributed by atoms with Gasteiger partial charge in [0.25, 0.3) is 0 Å². The quantitative estimate of drug-likeness (QED) is 0.822. The molecule has 0 saturated heterocycles. The maximum atomic E-state index is 11.1. The number of imidazole rings is 1. The summed E-state index contributed by atoms with van der Waals surface area (Å²) in [5.41, 5.74) is 0.229. The standard InChI is InChI=1S/C11H10N2O4/c1-6(14)4-9-12-10(11(16)17)8-3-2-7(15)5-13(8)9/h2-3,5,15H,4H2,1H3,(H,16,17). The van der Waals surface area contributed by atoms with Crippen LogP contribution in [0.15, 0.2) is 18.3 Å². The highest BCUT2D eigenvalue weighted by Crippen LogP contribution is 2.18. The molecule has 0 bridgehead atoms. The molecule has 0 aliphatic rings. The van der Waals surface area contributed by atoms with Gasteiger partial charge in [0.15, 0.2) is 5.69 Å². The summed E-state index contributed by atoms with van der Waals surface area (Å²) < 4.78 is 1.42. The van der Waals surface area contributed by atoms with Gasteiger partial charge in [-0.05, 0) is 19.1 Å². The minimum Gasteiger partial charge on any atom is -0.506 e. The lowest BCUT2D eigenvalue weighted by Crippen LogP contribution is -2.02. The van der Waals surface area contributed by atoms with Crippen molar-refractivity contribution in [3.63, 3.8) is 0 Å². The van der Waals surface area contributed by atoms with Crippen LogP contribution in [0.1, 0.15) is 23.2 Å². The monoisotopic (exact) mass is 234 g/mol. The highest BCUT2D eigenvalue weighted by atomic mass is 16.4. The number of carbonyl (C=O) groups is 2. The largest absolute Gasteiger partial charge is 0.506 e. The van der Waals surface area contributed by atoms with Crippen molar-refractivity contribution in [3.05, 3.63) is 29.8 Å². The number of ketones is 1. The number of rotatable bonds is 3. The first-order valence-corrected chi connectivity index (χ1v) is 4.91. The fourth-order valence-corrected chi connectivity index (χ4v) is 1.64. The number of aromatic nitrogens is 2. The van der Waals surface area contributed by atoms with Gasteiger partial charge in [-0.3, -0.25) is 9.20 Å². The molecule has 0 atom stereocenters. The van der Waals surface area contributed by atoms with Crippen LogP contribution < -0.4 is 0 Å². The zero-order valence-electron chi connectivity index (χ0n) is 9.04. The fraction of sp³-hybridized carbons (Fsp3) is 0.182. The normalized spacial score (nSPS) is 10.6. The van der Waals surface area contributed by atoms with Gasteiger partial charge < -0.3 is 10.2 Å². The first kappa shape index (κ1) is 11.1. The van der Waals surface area contributed by atoms with Crippen molar-refractivity contribution in [2.45, 2.75) is 13.3 Å². The van der Waals surface area contributed by atoms with Crippen LogP contribution in [0.3, 0.4) is 0 Å². The zero-order valence-corrected chi connectivity index (χ0v) is 9.04. The predicted octanol–water partition coefficient (Wildman–Crippen LogP) is 0.870. The van der Waals surface area contributed by atoms with Crippen molar-refractivity contribution in [2.24, 2.45) is 0 Å². The van der Waals surface area contributed by atoms with Crippen molar-refractivity contribution in [3.8, 4) is 5.75 Å². The maximum absolute atomic E-state index is 11.1. The minimum absolute atomic E-state index is 0.0170. The summed E-state index contributed by atoms with van der Waals surface area (Å²) in [6.07, 6.45) is 1.37. The number of hydrogen-bond acceptors (Lipinski definition) is 4. The number of hydrogen-bond donors (Lipinski definition) is 2. The van der Waals surface area contributed by atoms with E-state index in [1.807, 2.05) is 0 Å². The Labute approximate surface area is 96.1 Å². The molecule has 2 N–H and O–H groups in total. The second-order valence-electron chi connectivity index (χ2n) is 3.70. The highest BCUT2D eigenvalue weighted by molar-refractivity contribution is 5.94. The van der Waals surface area contributed by atoms with E-state index >= 15 is 0 Å². The molecular weight excluding hydrogens is 224 g/mol. The van der Waals surface area contributed by atoms with Gasteiger partial charge in [-0.1, -0.05) is 0 Å². The summed E-state index contributed by atoms with van der Waals surface area (Å²) in [6.45, 7) is 1.39. The van der Waals surface area contributed by atoms with Crippen LogP contribution in [0.25, 0.3) is 5.52 Å². The average Bonchev–Trinajstić information content (AvgIpc) is 2.56. The lowest BCUT2D eigenvalue weighted by molar-refractivity contribution is -0.116. The molecule has 6 heteroatoms. The van der Waals surface area contributed by atoms with Crippen molar-refractivity contribution in [1.82, 2.24) is 9.38 Å². The molecule has 2 aromatic heterocycles. The Morgan fingerprint density at radius 1 is 1.41 bits per heavy atom. The van der Waals surface area contributed by atoms with E-state index in [0.29, 0.717) is 11.3 Å². The van der Waals surface area contributed by atoms with Crippen molar-refractivity contribution in [1.29, 1.82) is 0 Å². The van der Waals surface area contributed by atoms with Crippen LogP contribution in [0.5, 0.6) is 5.75 Å². The Balaban J connectivity index is 2.70. The van der Waals surface area contributed by atoms with E-state index < -0.39 is 5.97 Å². The molecule has 2 rings (SSSR count). The Morgan fingerprint density at radius 2 is 2.12 bits per heavy atom.